The fraction of sp³-hybridized carbons (Fsp3) is 0.377. The molecule has 2 aliphatic heterocycles. The number of nitrogens with zero attached hydrogens (tertiary/aromatic N) is 10. The fourth-order valence-electron chi connectivity index (χ4n) is 8.55. The lowest BCUT2D eigenvalue weighted by Crippen LogP contribution is -2.53. The Bertz CT molecular complexity index is 3180. The Morgan fingerprint density at radius 2 is 1.19 bits per heavy atom. The van der Waals surface area contributed by atoms with Gasteiger partial charge >= 0.3 is 0 Å². The molecule has 0 bridgehead atoms. The average Bonchev–Trinajstić information content (AvgIpc) is 3.97. The highest BCUT2D eigenvalue weighted by molar-refractivity contribution is 6.33. The molecule has 0 radical (unpaired) electrons. The maximum Gasteiger partial charge on any atom is 0.253 e. The molecule has 9 rings (SSSR count). The van der Waals surface area contributed by atoms with E-state index in [0.717, 1.165) is 65.9 Å². The first-order valence-corrected chi connectivity index (χ1v) is 24.0. The molecule has 7 aromatic rings. The molecule has 390 valence electrons. The molecule has 0 spiro atoms. The predicted octanol–water partition coefficient (Wildman–Crippen LogP) is 8.58. The summed E-state index contributed by atoms with van der Waals surface area (Å²) in [7, 11) is 0. The van der Waals surface area contributed by atoms with Crippen LogP contribution in [0.2, 0.25) is 5.02 Å². The molecule has 2 aliphatic rings. The Balaban J connectivity index is 0.000000243. The van der Waals surface area contributed by atoms with Gasteiger partial charge in [-0.25, -0.2) is 23.4 Å². The van der Waals surface area contributed by atoms with Crippen LogP contribution < -0.4 is 30.3 Å². The highest BCUT2D eigenvalue weighted by Gasteiger charge is 2.33. The number of rotatable bonds is 12. The quantitative estimate of drug-likeness (QED) is 0.0899. The fourth-order valence-corrected chi connectivity index (χ4v) is 8.76. The van der Waals surface area contributed by atoms with Crippen LogP contribution in [0.4, 0.5) is 16.0 Å². The van der Waals surface area contributed by atoms with Gasteiger partial charge in [0.05, 0.1) is 68.7 Å². The van der Waals surface area contributed by atoms with Crippen LogP contribution in [-0.2, 0) is 0 Å². The molecule has 8 heterocycles. The van der Waals surface area contributed by atoms with E-state index in [1.54, 1.807) is 55.3 Å². The minimum Gasteiger partial charge on any atom is -0.489 e. The number of halogens is 4. The maximum absolute atomic E-state index is 13.7. The number of hydrogen-bond acceptors (Lipinski definition) is 14. The van der Waals surface area contributed by atoms with E-state index in [0.29, 0.717) is 59.6 Å². The van der Waals surface area contributed by atoms with Crippen LogP contribution >= 0.6 is 36.4 Å². The summed E-state index contributed by atoms with van der Waals surface area (Å²) >= 11 is 6.12. The lowest BCUT2D eigenvalue weighted by molar-refractivity contribution is 0.0280. The first-order valence-electron chi connectivity index (χ1n) is 23.6. The molecule has 0 unspecified atom stereocenters. The molecule has 0 atom stereocenters. The number of amides is 1. The highest BCUT2D eigenvalue weighted by Crippen LogP contribution is 2.35. The largest absolute Gasteiger partial charge is 0.489 e. The van der Waals surface area contributed by atoms with Gasteiger partial charge in [0.25, 0.3) is 5.91 Å². The summed E-state index contributed by atoms with van der Waals surface area (Å²) in [5.74, 6) is 1.85. The predicted molar refractivity (Wildman–Crippen MR) is 287 cm³/mol. The Morgan fingerprint density at radius 3 is 1.59 bits per heavy atom. The third kappa shape index (κ3) is 13.5. The number of nitrogens with two attached hydrogens (primary N) is 1. The van der Waals surface area contributed by atoms with E-state index in [2.05, 4.69) is 49.4 Å². The molecule has 5 N–H and O–H groups in total. The average molecular weight is 1070 g/mol. The molecule has 2 saturated heterocycles. The molecular formula is C53H60Cl3FN12O5. The zero-order chi connectivity index (χ0) is 51.6. The van der Waals surface area contributed by atoms with E-state index in [4.69, 9.17) is 31.8 Å². The topological polar surface area (TPSA) is 228 Å². The molecule has 6 aromatic heterocycles. The Morgan fingerprint density at radius 1 is 0.743 bits per heavy atom. The van der Waals surface area contributed by atoms with Gasteiger partial charge in [-0.1, -0.05) is 11.6 Å². The number of carbonyl (C=O) groups excluding carboxylic acids is 1. The molecule has 21 heteroatoms. The normalized spacial score (nSPS) is 15.1. The number of pyridine rings is 4. The van der Waals surface area contributed by atoms with Crippen LogP contribution in [0.25, 0.3) is 33.3 Å². The summed E-state index contributed by atoms with van der Waals surface area (Å²) in [5.41, 5.74) is 9.22. The molecule has 2 fully saturated rings. The summed E-state index contributed by atoms with van der Waals surface area (Å²) in [6.45, 7) is 14.1. The number of benzene rings is 1. The number of carbonyl (C=O) groups is 1. The number of fused-ring (bicyclic) bond motifs is 2. The minimum atomic E-state index is -1.01. The van der Waals surface area contributed by atoms with E-state index < -0.39 is 28.5 Å². The van der Waals surface area contributed by atoms with Crippen molar-refractivity contribution in [1.29, 1.82) is 10.5 Å². The van der Waals surface area contributed by atoms with Crippen molar-refractivity contribution in [3.8, 4) is 45.9 Å². The lowest BCUT2D eigenvalue weighted by atomic mass is 9.89. The second kappa shape index (κ2) is 22.8. The second-order valence-corrected chi connectivity index (χ2v) is 20.8. The van der Waals surface area contributed by atoms with Gasteiger partial charge in [0.1, 0.15) is 54.3 Å². The van der Waals surface area contributed by atoms with E-state index in [9.17, 15) is 29.9 Å². The summed E-state index contributed by atoms with van der Waals surface area (Å²) in [4.78, 5) is 26.6. The maximum atomic E-state index is 13.7. The first-order chi connectivity index (χ1) is 34.1. The van der Waals surface area contributed by atoms with E-state index >= 15 is 0 Å². The van der Waals surface area contributed by atoms with Crippen molar-refractivity contribution in [2.75, 3.05) is 49.2 Å². The summed E-state index contributed by atoms with van der Waals surface area (Å²) < 4.78 is 28.5. The van der Waals surface area contributed by atoms with Crippen molar-refractivity contribution in [2.24, 2.45) is 5.73 Å². The van der Waals surface area contributed by atoms with Gasteiger partial charge in [0.2, 0.25) is 0 Å². The van der Waals surface area contributed by atoms with E-state index in [1.165, 1.54) is 24.5 Å². The minimum absolute atomic E-state index is 0. The van der Waals surface area contributed by atoms with E-state index in [-0.39, 0.29) is 54.2 Å². The van der Waals surface area contributed by atoms with Gasteiger partial charge < -0.3 is 40.5 Å². The van der Waals surface area contributed by atoms with Crippen molar-refractivity contribution in [3.63, 3.8) is 0 Å². The lowest BCUT2D eigenvalue weighted by Gasteiger charge is -2.40. The van der Waals surface area contributed by atoms with Gasteiger partial charge in [-0.05, 0) is 122 Å². The molecule has 0 aliphatic carbocycles. The summed E-state index contributed by atoms with van der Waals surface area (Å²) in [6.07, 6.45) is 13.2. The molecule has 74 heavy (non-hydrogen) atoms. The highest BCUT2D eigenvalue weighted by atomic mass is 35.5. The first kappa shape index (κ1) is 56.5. The van der Waals surface area contributed by atoms with Crippen molar-refractivity contribution >= 4 is 65.0 Å². The van der Waals surface area contributed by atoms with Crippen LogP contribution in [0.1, 0.15) is 88.7 Å². The summed E-state index contributed by atoms with van der Waals surface area (Å²) in [6, 6.07) is 19.7. The molecule has 0 saturated carbocycles. The van der Waals surface area contributed by atoms with Crippen LogP contribution in [0.15, 0.2) is 91.8 Å². The Labute approximate surface area is 446 Å². The number of piperidine rings is 2. The summed E-state index contributed by atoms with van der Waals surface area (Å²) in [5, 5.41) is 51.1. The van der Waals surface area contributed by atoms with Gasteiger partial charge in [0.15, 0.2) is 0 Å². The van der Waals surface area contributed by atoms with Gasteiger partial charge in [0, 0.05) is 71.9 Å². The van der Waals surface area contributed by atoms with Gasteiger partial charge in [-0.2, -0.15) is 20.7 Å². The number of nitrogens with one attached hydrogen (secondary N) is 1. The van der Waals surface area contributed by atoms with Gasteiger partial charge in [-0.15, -0.1) is 24.8 Å². The number of aromatic nitrogens is 6. The second-order valence-electron chi connectivity index (χ2n) is 20.4. The monoisotopic (exact) mass is 1070 g/mol. The van der Waals surface area contributed by atoms with E-state index in [1.807, 2.05) is 49.5 Å². The molecular weight excluding hydrogens is 1010 g/mol. The smallest absolute Gasteiger partial charge is 0.253 e. The Kier molecular flexibility index (Phi) is 17.4. The third-order valence-electron chi connectivity index (χ3n) is 12.7. The molecule has 1 aromatic carbocycles. The number of aliphatic hydroxyl groups is 2. The zero-order valence-electron chi connectivity index (χ0n) is 42.0. The number of anilines is 2. The molecule has 1 amide bonds. The SMILES string of the molecule is CC(C)(O)COc1cc(-c2ccc(N3CCC(C)(N)CC3)nc2)c2c(C#N)cnn2c1.CC(C)(O)COc1cc(-c2ccc(N3CCC(C)(NC(=O)c4cc(F)ccc4Cl)CC3)nc2)c2c(C#N)cnn2c1.Cl.Cl. The van der Waals surface area contributed by atoms with Crippen LogP contribution in [-0.4, -0.2) is 107 Å². The van der Waals surface area contributed by atoms with Crippen LogP contribution in [0.5, 0.6) is 11.5 Å². The van der Waals surface area contributed by atoms with Crippen molar-refractivity contribution in [3.05, 3.63) is 119 Å². The number of nitriles is 2. The number of ether oxygens (including phenoxy) is 2. The molecule has 17 nitrogen and oxygen atoms in total. The Hall–Kier alpha value is -6.77. The van der Waals surface area contributed by atoms with Crippen molar-refractivity contribution in [2.45, 2.75) is 89.5 Å². The zero-order valence-corrected chi connectivity index (χ0v) is 44.4. The van der Waals surface area contributed by atoms with Crippen LogP contribution in [0.3, 0.4) is 0 Å². The van der Waals surface area contributed by atoms with Crippen LogP contribution in [0, 0.1) is 28.5 Å². The third-order valence-corrected chi connectivity index (χ3v) is 13.1. The standard InChI is InChI=1S/C30H30ClFN6O3.C23H28N6O2.2ClH/c1-29(2,40)18-41-22-13-23(27-20(14-33)16-35-38(27)17-22)19-4-7-26(34-15-19)37-10-8-30(3,9-11-37)36-28(39)24-12-21(32)5-6-25(24)31;1-22(2,30)15-31-18-10-19(21-17(11-24)13-27-29(21)14-18)16-4-5-20(26-12-16)28-8-6-23(3,25)7-9-28;;/h4-7,12-13,15-17,40H,8-11,18H2,1-3H3,(H,36,39);4-5,10,12-14,30H,6-9,15,25H2,1-3H3;2*1H. The van der Waals surface area contributed by atoms with Crippen molar-refractivity contribution < 1.29 is 28.9 Å². The number of hydrogen-bond donors (Lipinski definition) is 4. The van der Waals surface area contributed by atoms with Crippen molar-refractivity contribution in [1.82, 2.24) is 34.5 Å². The van der Waals surface area contributed by atoms with Gasteiger partial charge in [-0.3, -0.25) is 4.79 Å².